The summed E-state index contributed by atoms with van der Waals surface area (Å²) in [6, 6.07) is 7.27. The number of carbonyl (C=O) groups excluding carboxylic acids is 1. The number of anilines is 1. The molecule has 104 valence electrons. The number of carbonyl (C=O) groups is 1. The molecule has 19 heavy (non-hydrogen) atoms. The highest BCUT2D eigenvalue weighted by Gasteiger charge is 2.08. The van der Waals surface area contributed by atoms with E-state index in [9.17, 15) is 4.79 Å². The number of para-hydroxylation sites is 2. The van der Waals surface area contributed by atoms with Crippen molar-refractivity contribution in [2.45, 2.75) is 13.8 Å². The minimum Gasteiger partial charge on any atom is -0.495 e. The highest BCUT2D eigenvalue weighted by Crippen LogP contribution is 2.22. The summed E-state index contributed by atoms with van der Waals surface area (Å²) in [5.74, 6) is 0.920. The Morgan fingerprint density at radius 2 is 2.05 bits per heavy atom. The summed E-state index contributed by atoms with van der Waals surface area (Å²) in [5, 5.41) is 5.48. The molecule has 1 aromatic carbocycles. The summed E-state index contributed by atoms with van der Waals surface area (Å²) >= 11 is 5.02. The molecule has 6 heteroatoms. The van der Waals surface area contributed by atoms with E-state index in [0.717, 1.165) is 0 Å². The fourth-order valence-corrected chi connectivity index (χ4v) is 1.47. The Labute approximate surface area is 118 Å². The van der Waals surface area contributed by atoms with Gasteiger partial charge in [-0.05, 0) is 30.3 Å². The monoisotopic (exact) mass is 282 g/mol. The van der Waals surface area contributed by atoms with Crippen LogP contribution in [-0.4, -0.2) is 24.9 Å². The van der Waals surface area contributed by atoms with E-state index in [-0.39, 0.29) is 11.0 Å². The molecule has 0 atom stereocenters. The zero-order valence-electron chi connectivity index (χ0n) is 11.2. The van der Waals surface area contributed by atoms with E-state index in [1.54, 1.807) is 19.2 Å². The van der Waals surface area contributed by atoms with E-state index in [4.69, 9.17) is 21.7 Å². The highest BCUT2D eigenvalue weighted by molar-refractivity contribution is 7.80. The molecule has 0 aliphatic carbocycles. The molecule has 0 bridgehead atoms. The summed E-state index contributed by atoms with van der Waals surface area (Å²) in [4.78, 5) is 11.4. The first-order valence-corrected chi connectivity index (χ1v) is 6.31. The van der Waals surface area contributed by atoms with E-state index in [2.05, 4.69) is 10.6 Å². The first-order chi connectivity index (χ1) is 9.02. The van der Waals surface area contributed by atoms with E-state index in [1.165, 1.54) is 0 Å². The smallest absolute Gasteiger partial charge is 0.413 e. The topological polar surface area (TPSA) is 59.6 Å². The van der Waals surface area contributed by atoms with Crippen LogP contribution in [-0.2, 0) is 4.74 Å². The number of ether oxygens (including phenoxy) is 2. The van der Waals surface area contributed by atoms with Crippen molar-refractivity contribution in [3.63, 3.8) is 0 Å². The number of methoxy groups -OCH3 is 1. The number of hydrogen-bond donors (Lipinski definition) is 2. The van der Waals surface area contributed by atoms with Gasteiger partial charge in [-0.1, -0.05) is 26.0 Å². The Kier molecular flexibility index (Phi) is 6.08. The zero-order chi connectivity index (χ0) is 14.3. The van der Waals surface area contributed by atoms with Crippen LogP contribution >= 0.6 is 12.2 Å². The van der Waals surface area contributed by atoms with Gasteiger partial charge >= 0.3 is 6.09 Å². The molecule has 0 heterocycles. The van der Waals surface area contributed by atoms with Crippen LogP contribution in [0.5, 0.6) is 5.75 Å². The Bertz CT molecular complexity index is 449. The molecule has 0 aliphatic heterocycles. The third-order valence-electron chi connectivity index (χ3n) is 2.12. The number of nitrogens with one attached hydrogen (secondary N) is 2. The van der Waals surface area contributed by atoms with E-state index < -0.39 is 6.09 Å². The van der Waals surface area contributed by atoms with Crippen LogP contribution in [0, 0.1) is 5.92 Å². The first-order valence-electron chi connectivity index (χ1n) is 5.90. The predicted molar refractivity (Wildman–Crippen MR) is 78.5 cm³/mol. The molecule has 0 spiro atoms. The standard InChI is InChI=1S/C13H18N2O3S/c1-9(2)8-18-13(16)15-12(19)14-10-6-4-5-7-11(10)17-3/h4-7,9H,8H2,1-3H3,(H2,14,15,16,19). The molecule has 0 saturated heterocycles. The number of hydrogen-bond acceptors (Lipinski definition) is 4. The molecule has 0 aliphatic rings. The van der Waals surface area contributed by atoms with Crippen LogP contribution in [0.3, 0.4) is 0 Å². The van der Waals surface area contributed by atoms with Crippen LogP contribution in [0.15, 0.2) is 24.3 Å². The van der Waals surface area contributed by atoms with Crippen LogP contribution < -0.4 is 15.4 Å². The van der Waals surface area contributed by atoms with Crippen molar-refractivity contribution in [3.05, 3.63) is 24.3 Å². The fourth-order valence-electron chi connectivity index (χ4n) is 1.27. The lowest BCUT2D eigenvalue weighted by Gasteiger charge is -2.13. The number of thiocarbonyl (C=S) groups is 1. The second kappa shape index (κ2) is 7.58. The van der Waals surface area contributed by atoms with Crippen molar-refractivity contribution in [3.8, 4) is 5.75 Å². The molecular formula is C13H18N2O3S. The van der Waals surface area contributed by atoms with Crippen molar-refractivity contribution >= 4 is 29.1 Å². The molecule has 1 rings (SSSR count). The molecule has 1 aromatic rings. The van der Waals surface area contributed by atoms with Gasteiger partial charge in [-0.15, -0.1) is 0 Å². The minimum absolute atomic E-state index is 0.165. The quantitative estimate of drug-likeness (QED) is 0.832. The lowest BCUT2D eigenvalue weighted by Crippen LogP contribution is -2.35. The van der Waals surface area contributed by atoms with Gasteiger partial charge in [0.2, 0.25) is 0 Å². The Morgan fingerprint density at radius 1 is 1.37 bits per heavy atom. The number of benzene rings is 1. The van der Waals surface area contributed by atoms with Gasteiger partial charge in [-0.2, -0.15) is 0 Å². The third-order valence-corrected chi connectivity index (χ3v) is 2.32. The van der Waals surface area contributed by atoms with Gasteiger partial charge in [0, 0.05) is 0 Å². The van der Waals surface area contributed by atoms with Gasteiger partial charge in [-0.25, -0.2) is 4.79 Å². The molecule has 0 aromatic heterocycles. The van der Waals surface area contributed by atoms with Crippen LogP contribution in [0.4, 0.5) is 10.5 Å². The van der Waals surface area contributed by atoms with Gasteiger partial charge in [0.15, 0.2) is 5.11 Å². The fraction of sp³-hybridized carbons (Fsp3) is 0.385. The second-order valence-electron chi connectivity index (χ2n) is 4.27. The highest BCUT2D eigenvalue weighted by atomic mass is 32.1. The number of amides is 1. The van der Waals surface area contributed by atoms with E-state index >= 15 is 0 Å². The second-order valence-corrected chi connectivity index (χ2v) is 4.68. The Hall–Kier alpha value is -1.82. The van der Waals surface area contributed by atoms with Gasteiger partial charge < -0.3 is 14.8 Å². The van der Waals surface area contributed by atoms with Gasteiger partial charge in [0.05, 0.1) is 19.4 Å². The summed E-state index contributed by atoms with van der Waals surface area (Å²) in [6.07, 6.45) is -0.568. The van der Waals surface area contributed by atoms with E-state index in [0.29, 0.717) is 18.0 Å². The molecule has 1 amide bonds. The van der Waals surface area contributed by atoms with Crippen LogP contribution in [0.25, 0.3) is 0 Å². The predicted octanol–water partition coefficient (Wildman–Crippen LogP) is 2.77. The van der Waals surface area contributed by atoms with E-state index in [1.807, 2.05) is 26.0 Å². The van der Waals surface area contributed by atoms with Gasteiger partial charge in [0.1, 0.15) is 5.75 Å². The first kappa shape index (κ1) is 15.2. The summed E-state index contributed by atoms with van der Waals surface area (Å²) in [5.41, 5.74) is 0.680. The summed E-state index contributed by atoms with van der Waals surface area (Å²) in [6.45, 7) is 4.26. The van der Waals surface area contributed by atoms with Crippen molar-refractivity contribution in [1.82, 2.24) is 5.32 Å². The SMILES string of the molecule is COc1ccccc1NC(=S)NC(=O)OCC(C)C. The van der Waals surface area contributed by atoms with Crippen molar-refractivity contribution in [1.29, 1.82) is 0 Å². The maximum Gasteiger partial charge on any atom is 0.413 e. The Balaban J connectivity index is 2.49. The molecule has 0 unspecified atom stereocenters. The van der Waals surface area contributed by atoms with Gasteiger partial charge in [-0.3, -0.25) is 5.32 Å². The average Bonchev–Trinajstić information content (AvgIpc) is 2.37. The molecule has 0 saturated carbocycles. The maximum atomic E-state index is 11.4. The minimum atomic E-state index is -0.568. The normalized spacial score (nSPS) is 9.89. The third kappa shape index (κ3) is 5.56. The number of alkyl carbamates (subject to hydrolysis) is 1. The van der Waals surface area contributed by atoms with Crippen LogP contribution in [0.1, 0.15) is 13.8 Å². The summed E-state index contributed by atoms with van der Waals surface area (Å²) in [7, 11) is 1.56. The Morgan fingerprint density at radius 3 is 2.68 bits per heavy atom. The van der Waals surface area contributed by atoms with Crippen molar-refractivity contribution < 1.29 is 14.3 Å². The largest absolute Gasteiger partial charge is 0.495 e. The molecular weight excluding hydrogens is 264 g/mol. The molecule has 0 radical (unpaired) electrons. The van der Waals surface area contributed by atoms with Crippen LogP contribution in [0.2, 0.25) is 0 Å². The van der Waals surface area contributed by atoms with Gasteiger partial charge in [0.25, 0.3) is 0 Å². The average molecular weight is 282 g/mol. The van der Waals surface area contributed by atoms with Crippen molar-refractivity contribution in [2.75, 3.05) is 19.0 Å². The maximum absolute atomic E-state index is 11.4. The number of rotatable bonds is 4. The lowest BCUT2D eigenvalue weighted by atomic mass is 10.2. The molecule has 5 nitrogen and oxygen atoms in total. The van der Waals surface area contributed by atoms with Crippen molar-refractivity contribution in [2.24, 2.45) is 5.92 Å². The zero-order valence-corrected chi connectivity index (χ0v) is 12.0. The molecule has 0 fully saturated rings. The lowest BCUT2D eigenvalue weighted by molar-refractivity contribution is 0.138. The summed E-state index contributed by atoms with van der Waals surface area (Å²) < 4.78 is 10.1. The molecule has 2 N–H and O–H groups in total.